The van der Waals surface area contributed by atoms with E-state index in [9.17, 15) is 0 Å². The molecule has 2 rings (SSSR count). The van der Waals surface area contributed by atoms with Crippen LogP contribution in [0.4, 0.5) is 0 Å². The summed E-state index contributed by atoms with van der Waals surface area (Å²) in [6.07, 6.45) is 8.65. The van der Waals surface area contributed by atoms with Crippen molar-refractivity contribution in [2.75, 3.05) is 26.6 Å². The molecule has 0 amide bonds. The summed E-state index contributed by atoms with van der Waals surface area (Å²) in [5, 5.41) is 0. The van der Waals surface area contributed by atoms with Crippen molar-refractivity contribution in [1.29, 1.82) is 0 Å². The lowest BCUT2D eigenvalue weighted by Gasteiger charge is -2.13. The lowest BCUT2D eigenvalue weighted by atomic mass is 10.2. The molecule has 0 unspecified atom stereocenters. The molecule has 2 aromatic rings. The molecule has 0 bridgehead atoms. The first-order valence-corrected chi connectivity index (χ1v) is 9.80. The van der Waals surface area contributed by atoms with Gasteiger partial charge in [-0.15, -0.1) is 0 Å². The minimum Gasteiger partial charge on any atom is -0.391 e. The van der Waals surface area contributed by atoms with Crippen molar-refractivity contribution in [2.24, 2.45) is 0 Å². The van der Waals surface area contributed by atoms with Crippen LogP contribution in [-0.4, -0.2) is 35.8 Å². The number of methoxy groups -OCH3 is 1. The van der Waals surface area contributed by atoms with Gasteiger partial charge in [0.25, 0.3) is 0 Å². The van der Waals surface area contributed by atoms with Gasteiger partial charge in [0, 0.05) is 7.11 Å². The second-order valence-electron chi connectivity index (χ2n) is 5.18. The van der Waals surface area contributed by atoms with Crippen LogP contribution in [-0.2, 0) is 13.6 Å². The fraction of sp³-hybridized carbons (Fsp3) is 0.200. The maximum atomic E-state index is 5.83. The lowest BCUT2D eigenvalue weighted by molar-refractivity contribution is 0.167. The molecule has 126 valence electrons. The molecule has 2 aromatic carbocycles. The highest BCUT2D eigenvalue weighted by Crippen LogP contribution is 2.03. The zero-order valence-corrected chi connectivity index (χ0v) is 15.2. The van der Waals surface area contributed by atoms with Gasteiger partial charge in [0.2, 0.25) is 0 Å². The maximum Gasteiger partial charge on any atom is 0.348 e. The first-order valence-electron chi connectivity index (χ1n) is 8.04. The van der Waals surface area contributed by atoms with E-state index in [4.69, 9.17) is 13.6 Å². The van der Waals surface area contributed by atoms with Crippen LogP contribution in [0.15, 0.2) is 72.8 Å². The van der Waals surface area contributed by atoms with E-state index in [1.165, 1.54) is 0 Å². The van der Waals surface area contributed by atoms with E-state index in [1.807, 2.05) is 60.7 Å². The summed E-state index contributed by atoms with van der Waals surface area (Å²) in [5.41, 5.74) is 2.33. The Bertz CT molecular complexity index is 558. The fourth-order valence-corrected chi connectivity index (χ4v) is 3.32. The van der Waals surface area contributed by atoms with Crippen molar-refractivity contribution in [3.63, 3.8) is 0 Å². The summed E-state index contributed by atoms with van der Waals surface area (Å²) in [4.78, 5) is 0. The number of hydrogen-bond acceptors (Lipinski definition) is 3. The molecule has 3 nitrogen and oxygen atoms in total. The average molecular weight is 340 g/mol. The summed E-state index contributed by atoms with van der Waals surface area (Å²) < 4.78 is 16.9. The first kappa shape index (κ1) is 18.4. The molecule has 0 saturated heterocycles. The molecule has 24 heavy (non-hydrogen) atoms. The maximum absolute atomic E-state index is 5.83. The van der Waals surface area contributed by atoms with Gasteiger partial charge in [0.15, 0.2) is 0 Å². The van der Waals surface area contributed by atoms with E-state index >= 15 is 0 Å². The summed E-state index contributed by atoms with van der Waals surface area (Å²) >= 11 is 0. The van der Waals surface area contributed by atoms with Crippen molar-refractivity contribution in [3.05, 3.63) is 83.9 Å². The highest BCUT2D eigenvalue weighted by atomic mass is 28.3. The molecular weight excluding hydrogens is 316 g/mol. The Morgan fingerprint density at radius 2 is 1.21 bits per heavy atom. The van der Waals surface area contributed by atoms with Gasteiger partial charge < -0.3 is 13.6 Å². The Morgan fingerprint density at radius 1 is 0.750 bits per heavy atom. The van der Waals surface area contributed by atoms with Gasteiger partial charge in [0.05, 0.1) is 19.4 Å². The van der Waals surface area contributed by atoms with Crippen LogP contribution in [0.3, 0.4) is 0 Å². The molecule has 0 fully saturated rings. The zero-order valence-electron chi connectivity index (χ0n) is 14.0. The Balaban J connectivity index is 1.71. The van der Waals surface area contributed by atoms with Crippen LogP contribution in [0.5, 0.6) is 0 Å². The molecule has 0 atom stereocenters. The number of benzene rings is 2. The van der Waals surface area contributed by atoms with E-state index in [0.717, 1.165) is 11.1 Å². The van der Waals surface area contributed by atoms with Crippen molar-refractivity contribution in [3.8, 4) is 0 Å². The summed E-state index contributed by atoms with van der Waals surface area (Å²) in [7, 11) is -0.137. The van der Waals surface area contributed by atoms with Crippen LogP contribution in [0.1, 0.15) is 11.1 Å². The van der Waals surface area contributed by atoms with Gasteiger partial charge in [0.1, 0.15) is 0 Å². The summed E-state index contributed by atoms with van der Waals surface area (Å²) in [6, 6.07) is 20.3. The Kier molecular flexibility index (Phi) is 8.82. The molecular formula is C20H24O3Si. The molecule has 0 aliphatic heterocycles. The second-order valence-corrected chi connectivity index (χ2v) is 7.04. The van der Waals surface area contributed by atoms with Crippen LogP contribution in [0.2, 0.25) is 0 Å². The number of hydrogen-bond donors (Lipinski definition) is 0. The Labute approximate surface area is 146 Å². The van der Waals surface area contributed by atoms with Crippen LogP contribution < -0.4 is 0 Å². The van der Waals surface area contributed by atoms with E-state index in [2.05, 4.69) is 24.3 Å². The normalized spacial score (nSPS) is 11.8. The predicted molar refractivity (Wildman–Crippen MR) is 102 cm³/mol. The van der Waals surface area contributed by atoms with E-state index < -0.39 is 9.28 Å². The third kappa shape index (κ3) is 7.52. The van der Waals surface area contributed by atoms with Crippen molar-refractivity contribution >= 4 is 21.4 Å². The average Bonchev–Trinajstić information content (AvgIpc) is 2.64. The van der Waals surface area contributed by atoms with Gasteiger partial charge in [-0.1, -0.05) is 85.0 Å². The highest BCUT2D eigenvalue weighted by Gasteiger charge is 2.11. The third-order valence-electron chi connectivity index (χ3n) is 3.28. The summed E-state index contributed by atoms with van der Waals surface area (Å²) in [6.45, 7) is 1.08. The molecule has 0 spiro atoms. The molecule has 4 heteroatoms. The predicted octanol–water partition coefficient (Wildman–Crippen LogP) is 3.85. The topological polar surface area (TPSA) is 27.7 Å². The molecule has 0 aromatic heterocycles. The highest BCUT2D eigenvalue weighted by molar-refractivity contribution is 6.44. The van der Waals surface area contributed by atoms with E-state index in [0.29, 0.717) is 19.4 Å². The van der Waals surface area contributed by atoms with Crippen LogP contribution >= 0.6 is 0 Å². The van der Waals surface area contributed by atoms with Crippen molar-refractivity contribution in [2.45, 2.75) is 0 Å². The number of rotatable bonds is 10. The monoisotopic (exact) mass is 340 g/mol. The standard InChI is InChI=1S/C20H24O3Si/c1-21-18-24(22-16-8-14-19-10-4-2-5-11-19)23-17-9-15-20-12-6-3-7-13-20/h2-15,24H,16-18H2,1H3/b14-8+,15-9+. The van der Waals surface area contributed by atoms with Gasteiger partial charge in [-0.3, -0.25) is 0 Å². The van der Waals surface area contributed by atoms with Gasteiger partial charge >= 0.3 is 9.28 Å². The second kappa shape index (κ2) is 11.5. The van der Waals surface area contributed by atoms with Crippen molar-refractivity contribution in [1.82, 2.24) is 0 Å². The number of ether oxygens (including phenoxy) is 1. The Morgan fingerprint density at radius 3 is 1.62 bits per heavy atom. The van der Waals surface area contributed by atoms with E-state index in [1.54, 1.807) is 7.11 Å². The Hall–Kier alpha value is -1.98. The molecule has 0 N–H and O–H groups in total. The minimum atomic E-state index is -1.81. The molecule has 0 aliphatic carbocycles. The van der Waals surface area contributed by atoms with Gasteiger partial charge in [-0.05, 0) is 11.1 Å². The van der Waals surface area contributed by atoms with Crippen LogP contribution in [0, 0.1) is 0 Å². The third-order valence-corrected chi connectivity index (χ3v) is 5.01. The largest absolute Gasteiger partial charge is 0.391 e. The van der Waals surface area contributed by atoms with Crippen molar-refractivity contribution < 1.29 is 13.6 Å². The van der Waals surface area contributed by atoms with Gasteiger partial charge in [-0.2, -0.15) is 0 Å². The van der Waals surface area contributed by atoms with Crippen LogP contribution in [0.25, 0.3) is 12.2 Å². The molecule has 0 aliphatic rings. The molecule has 0 radical (unpaired) electrons. The quantitative estimate of drug-likeness (QED) is 0.615. The smallest absolute Gasteiger partial charge is 0.348 e. The molecule has 0 heterocycles. The minimum absolute atomic E-state index is 0.539. The summed E-state index contributed by atoms with van der Waals surface area (Å²) in [5.74, 6) is 0. The SMILES string of the molecule is COC[SiH](OC/C=C/c1ccccc1)OC/C=C/c1ccccc1. The first-order chi connectivity index (χ1) is 11.9. The zero-order chi connectivity index (χ0) is 16.9. The van der Waals surface area contributed by atoms with E-state index in [-0.39, 0.29) is 0 Å². The fourth-order valence-electron chi connectivity index (χ4n) is 2.10. The van der Waals surface area contributed by atoms with Gasteiger partial charge in [-0.25, -0.2) is 0 Å². The molecule has 0 saturated carbocycles. The lowest BCUT2D eigenvalue weighted by Crippen LogP contribution is -2.29.